The maximum absolute atomic E-state index is 15.4. The topological polar surface area (TPSA) is 179 Å². The SMILES string of the molecule is CCc1cc(Nc2nccn3c(-c4ccc(Oc5ncccn5)c(F)c4F)cnc23)ccc1C(=O)NCCCN(C(=O)[O-])C(=O)C1CC[N+](C)(CC2CCNC2)CC1. The van der Waals surface area contributed by atoms with Gasteiger partial charge in [-0.15, -0.1) is 0 Å². The van der Waals surface area contributed by atoms with E-state index in [0.717, 1.165) is 54.1 Å². The van der Waals surface area contributed by atoms with Crippen LogP contribution in [0.15, 0.2) is 67.4 Å². The van der Waals surface area contributed by atoms with Gasteiger partial charge in [0.05, 0.1) is 38.6 Å². The minimum Gasteiger partial charge on any atom is -0.530 e. The highest BCUT2D eigenvalue weighted by atomic mass is 19.2. The number of rotatable bonds is 14. The van der Waals surface area contributed by atoms with Crippen LogP contribution in [-0.4, -0.2) is 104 Å². The fraction of sp³-hybridized carbons (Fsp3) is 0.390. The number of anilines is 2. The maximum Gasteiger partial charge on any atom is 0.321 e. The Balaban J connectivity index is 0.949. The summed E-state index contributed by atoms with van der Waals surface area (Å²) < 4.78 is 38.3. The highest BCUT2D eigenvalue weighted by molar-refractivity contribution is 5.96. The molecule has 0 radical (unpaired) electrons. The molecular weight excluding hydrogens is 751 g/mol. The van der Waals surface area contributed by atoms with Crippen LogP contribution >= 0.6 is 0 Å². The number of aryl methyl sites for hydroxylation is 1. The lowest BCUT2D eigenvalue weighted by Gasteiger charge is -2.42. The molecule has 15 nitrogen and oxygen atoms in total. The molecule has 3 aromatic heterocycles. The van der Waals surface area contributed by atoms with Crippen molar-refractivity contribution in [1.29, 1.82) is 0 Å². The molecule has 2 aliphatic rings. The Kier molecular flexibility index (Phi) is 12.2. The van der Waals surface area contributed by atoms with Gasteiger partial charge in [0.25, 0.3) is 5.91 Å². The third-order valence-corrected chi connectivity index (χ3v) is 11.1. The molecule has 1 unspecified atom stereocenters. The number of benzene rings is 2. The summed E-state index contributed by atoms with van der Waals surface area (Å²) in [6.45, 7) is 6.78. The Morgan fingerprint density at radius 2 is 1.83 bits per heavy atom. The number of carbonyl (C=O) groups is 3. The molecule has 5 aromatic rings. The number of hydrogen-bond donors (Lipinski definition) is 3. The van der Waals surface area contributed by atoms with Gasteiger partial charge in [-0.25, -0.2) is 24.3 Å². The summed E-state index contributed by atoms with van der Waals surface area (Å²) in [6, 6.07) is 9.31. The quantitative estimate of drug-likeness (QED) is 0.108. The number of nitrogens with zero attached hydrogens (tertiary/aromatic N) is 7. The van der Waals surface area contributed by atoms with E-state index in [0.29, 0.717) is 47.9 Å². The summed E-state index contributed by atoms with van der Waals surface area (Å²) in [5.74, 6) is -2.86. The van der Waals surface area contributed by atoms with Crippen molar-refractivity contribution in [3.05, 3.63) is 90.1 Å². The number of imidazole rings is 1. The van der Waals surface area contributed by atoms with Crippen LogP contribution in [0, 0.1) is 23.5 Å². The van der Waals surface area contributed by atoms with Crippen LogP contribution in [0.2, 0.25) is 0 Å². The van der Waals surface area contributed by atoms with Crippen molar-refractivity contribution in [3.63, 3.8) is 0 Å². The normalized spacial score (nSPS) is 19.2. The largest absolute Gasteiger partial charge is 0.530 e. The third kappa shape index (κ3) is 8.89. The zero-order valence-corrected chi connectivity index (χ0v) is 32.4. The second-order valence-electron chi connectivity index (χ2n) is 15.1. The lowest BCUT2D eigenvalue weighted by molar-refractivity contribution is -0.917. The highest BCUT2D eigenvalue weighted by Gasteiger charge is 2.37. The first kappa shape index (κ1) is 40.1. The van der Waals surface area contributed by atoms with Crippen LogP contribution in [0.1, 0.15) is 48.5 Å². The van der Waals surface area contributed by atoms with E-state index in [-0.39, 0.29) is 54.4 Å². The first-order chi connectivity index (χ1) is 28.0. The van der Waals surface area contributed by atoms with Crippen LogP contribution in [0.3, 0.4) is 0 Å². The molecule has 0 saturated carbocycles. The molecule has 304 valence electrons. The molecule has 2 saturated heterocycles. The van der Waals surface area contributed by atoms with Crippen LogP contribution in [0.5, 0.6) is 11.8 Å². The fourth-order valence-corrected chi connectivity index (χ4v) is 7.93. The molecule has 5 heterocycles. The van der Waals surface area contributed by atoms with Crippen LogP contribution in [-0.2, 0) is 11.2 Å². The second kappa shape index (κ2) is 17.6. The van der Waals surface area contributed by atoms with Gasteiger partial charge in [-0.1, -0.05) is 6.92 Å². The predicted octanol–water partition coefficient (Wildman–Crippen LogP) is 4.32. The average molecular weight is 797 g/mol. The summed E-state index contributed by atoms with van der Waals surface area (Å²) in [4.78, 5) is 55.9. The molecule has 58 heavy (non-hydrogen) atoms. The number of halogens is 2. The maximum atomic E-state index is 15.4. The molecule has 2 fully saturated rings. The number of piperidine rings is 1. The van der Waals surface area contributed by atoms with Gasteiger partial charge >= 0.3 is 6.01 Å². The van der Waals surface area contributed by atoms with Crippen molar-refractivity contribution in [2.24, 2.45) is 11.8 Å². The standard InChI is InChI=1S/C41H46F2N10O5/c1-3-27-22-29(50-36-37-49-24-32(51(37)19-17-45-36)31-8-9-33(35(43)34(31)42)58-40-47-13-4-14-48-40)6-7-30(27)38(54)46-15-5-18-52(41(56)57)39(55)28-11-20-53(2,21-12-28)25-26-10-16-44-23-26/h4,6-9,13-14,17,19,22,24,26,28,44H,3,5,10-12,15-16,18,20-21,23,25H2,1-2H3,(H2-,45,46,50,54,56,57). The van der Waals surface area contributed by atoms with Gasteiger partial charge in [-0.3, -0.25) is 18.9 Å². The van der Waals surface area contributed by atoms with Gasteiger partial charge < -0.3 is 35.1 Å². The number of carboxylic acid groups (broad SMARTS) is 1. The molecular formula is C41H46F2N10O5. The van der Waals surface area contributed by atoms with Crippen molar-refractivity contribution in [2.75, 3.05) is 58.2 Å². The minimum absolute atomic E-state index is 0.0509. The Morgan fingerprint density at radius 3 is 2.55 bits per heavy atom. The second-order valence-corrected chi connectivity index (χ2v) is 15.1. The molecule has 7 rings (SSSR count). The molecule has 2 aromatic carbocycles. The van der Waals surface area contributed by atoms with Gasteiger partial charge in [0.1, 0.15) is 6.09 Å². The number of fused-ring (bicyclic) bond motifs is 1. The number of imide groups is 1. The zero-order valence-electron chi connectivity index (χ0n) is 32.4. The number of carbonyl (C=O) groups excluding carboxylic acids is 3. The predicted molar refractivity (Wildman–Crippen MR) is 208 cm³/mol. The first-order valence-corrected chi connectivity index (χ1v) is 19.5. The lowest BCUT2D eigenvalue weighted by atomic mass is 9.92. The Labute approximate surface area is 334 Å². The van der Waals surface area contributed by atoms with Gasteiger partial charge in [0, 0.05) is 85.9 Å². The number of ether oxygens (including phenoxy) is 1. The van der Waals surface area contributed by atoms with E-state index in [9.17, 15) is 19.5 Å². The number of aromatic nitrogens is 5. The van der Waals surface area contributed by atoms with Gasteiger partial charge in [0.15, 0.2) is 23.0 Å². The number of likely N-dealkylation sites (tertiary alicyclic amines) is 1. The van der Waals surface area contributed by atoms with E-state index in [1.165, 1.54) is 36.9 Å². The van der Waals surface area contributed by atoms with Crippen LogP contribution in [0.4, 0.5) is 25.1 Å². The Morgan fingerprint density at radius 1 is 1.03 bits per heavy atom. The van der Waals surface area contributed by atoms with Crippen molar-refractivity contribution < 1.29 is 37.5 Å². The molecule has 3 N–H and O–H groups in total. The molecule has 2 aliphatic heterocycles. The summed E-state index contributed by atoms with van der Waals surface area (Å²) >= 11 is 0. The van der Waals surface area contributed by atoms with Gasteiger partial charge in [-0.2, -0.15) is 4.39 Å². The van der Waals surface area contributed by atoms with E-state index in [4.69, 9.17) is 4.74 Å². The number of hydrogen-bond acceptors (Lipinski definition) is 11. The van der Waals surface area contributed by atoms with Crippen molar-refractivity contribution in [2.45, 2.75) is 39.0 Å². The average Bonchev–Trinajstić information content (AvgIpc) is 3.90. The molecule has 3 amide bonds. The monoisotopic (exact) mass is 796 g/mol. The van der Waals surface area contributed by atoms with Gasteiger partial charge in [-0.05, 0) is 67.8 Å². The molecule has 0 aliphatic carbocycles. The third-order valence-electron chi connectivity index (χ3n) is 11.1. The molecule has 17 heteroatoms. The Hall–Kier alpha value is -6.07. The summed E-state index contributed by atoms with van der Waals surface area (Å²) in [6.07, 6.45) is 8.99. The number of amides is 3. The smallest absolute Gasteiger partial charge is 0.321 e. The van der Waals surface area contributed by atoms with Gasteiger partial charge in [0.2, 0.25) is 11.7 Å². The van der Waals surface area contributed by atoms with E-state index in [1.54, 1.807) is 28.8 Å². The van der Waals surface area contributed by atoms with E-state index >= 15 is 8.78 Å². The van der Waals surface area contributed by atoms with Crippen molar-refractivity contribution in [3.8, 4) is 23.0 Å². The lowest BCUT2D eigenvalue weighted by Crippen LogP contribution is -2.55. The van der Waals surface area contributed by atoms with E-state index in [2.05, 4.69) is 42.9 Å². The van der Waals surface area contributed by atoms with E-state index < -0.39 is 23.6 Å². The molecule has 1 atom stereocenters. The Bertz CT molecular complexity index is 2280. The fourth-order valence-electron chi connectivity index (χ4n) is 7.93. The minimum atomic E-state index is -1.52. The summed E-state index contributed by atoms with van der Waals surface area (Å²) in [5, 5.41) is 21.5. The van der Waals surface area contributed by atoms with Crippen molar-refractivity contribution >= 4 is 35.1 Å². The van der Waals surface area contributed by atoms with Crippen LogP contribution < -0.4 is 25.8 Å². The van der Waals surface area contributed by atoms with Crippen molar-refractivity contribution in [1.82, 2.24) is 39.9 Å². The highest BCUT2D eigenvalue weighted by Crippen LogP contribution is 2.33. The molecule has 0 spiro atoms. The molecule has 0 bridgehead atoms. The first-order valence-electron chi connectivity index (χ1n) is 19.5. The number of quaternary nitrogens is 1. The van der Waals surface area contributed by atoms with E-state index in [1.807, 2.05) is 13.0 Å². The van der Waals surface area contributed by atoms with Crippen LogP contribution in [0.25, 0.3) is 16.9 Å². The summed E-state index contributed by atoms with van der Waals surface area (Å²) in [5.41, 5.74) is 2.35. The number of nitrogens with one attached hydrogen (secondary N) is 3. The zero-order chi connectivity index (χ0) is 40.8. The summed E-state index contributed by atoms with van der Waals surface area (Å²) in [7, 11) is 2.22.